The SMILES string of the molecule is CC(CNC(=O)OC(C)(C)C)Nc1ccc(Br)nc1. The van der Waals surface area contributed by atoms with Gasteiger partial charge in [0.15, 0.2) is 0 Å². The van der Waals surface area contributed by atoms with Crippen molar-refractivity contribution in [3.63, 3.8) is 0 Å². The van der Waals surface area contributed by atoms with Crippen molar-refractivity contribution in [1.82, 2.24) is 10.3 Å². The Bertz CT molecular complexity index is 415. The van der Waals surface area contributed by atoms with E-state index in [9.17, 15) is 4.79 Å². The molecule has 0 aliphatic carbocycles. The lowest BCUT2D eigenvalue weighted by Gasteiger charge is -2.21. The van der Waals surface area contributed by atoms with Gasteiger partial charge in [0.05, 0.1) is 11.9 Å². The van der Waals surface area contributed by atoms with Crippen LogP contribution in [0, 0.1) is 0 Å². The largest absolute Gasteiger partial charge is 0.444 e. The number of nitrogens with one attached hydrogen (secondary N) is 2. The van der Waals surface area contributed by atoms with Crippen molar-refractivity contribution in [2.75, 3.05) is 11.9 Å². The minimum absolute atomic E-state index is 0.0792. The number of amides is 1. The summed E-state index contributed by atoms with van der Waals surface area (Å²) in [4.78, 5) is 15.6. The van der Waals surface area contributed by atoms with Crippen LogP contribution in [0.4, 0.5) is 10.5 Å². The molecular weight excluding hydrogens is 310 g/mol. The number of halogens is 1. The summed E-state index contributed by atoms with van der Waals surface area (Å²) >= 11 is 3.28. The molecule has 1 aromatic rings. The molecule has 1 amide bonds. The van der Waals surface area contributed by atoms with Crippen molar-refractivity contribution in [2.45, 2.75) is 39.3 Å². The second-order valence-corrected chi connectivity index (χ2v) is 6.11. The van der Waals surface area contributed by atoms with E-state index in [-0.39, 0.29) is 6.04 Å². The maximum absolute atomic E-state index is 11.5. The third kappa shape index (κ3) is 7.00. The summed E-state index contributed by atoms with van der Waals surface area (Å²) in [5, 5.41) is 5.95. The number of aromatic nitrogens is 1. The maximum atomic E-state index is 11.5. The molecule has 0 bridgehead atoms. The number of ether oxygens (including phenoxy) is 1. The molecule has 0 saturated heterocycles. The number of nitrogens with zero attached hydrogens (tertiary/aromatic N) is 1. The summed E-state index contributed by atoms with van der Waals surface area (Å²) < 4.78 is 5.95. The second kappa shape index (κ2) is 6.75. The van der Waals surface area contributed by atoms with E-state index >= 15 is 0 Å². The second-order valence-electron chi connectivity index (χ2n) is 5.30. The van der Waals surface area contributed by atoms with E-state index in [1.807, 2.05) is 39.8 Å². The first-order valence-corrected chi connectivity index (χ1v) is 6.90. The highest BCUT2D eigenvalue weighted by Crippen LogP contribution is 2.11. The van der Waals surface area contributed by atoms with E-state index in [4.69, 9.17) is 4.74 Å². The van der Waals surface area contributed by atoms with Crippen molar-refractivity contribution in [3.05, 3.63) is 22.9 Å². The minimum atomic E-state index is -0.476. The molecule has 1 atom stereocenters. The van der Waals surface area contributed by atoms with Gasteiger partial charge in [0.2, 0.25) is 0 Å². The first-order valence-electron chi connectivity index (χ1n) is 6.11. The summed E-state index contributed by atoms with van der Waals surface area (Å²) in [6, 6.07) is 3.85. The van der Waals surface area contributed by atoms with Crippen LogP contribution in [0.15, 0.2) is 22.9 Å². The third-order valence-corrected chi connectivity index (χ3v) is 2.56. The van der Waals surface area contributed by atoms with Crippen molar-refractivity contribution in [2.24, 2.45) is 0 Å². The predicted octanol–water partition coefficient (Wildman–Crippen LogP) is 3.17. The van der Waals surface area contributed by atoms with Crippen LogP contribution >= 0.6 is 15.9 Å². The standard InChI is InChI=1S/C13H20BrN3O2/c1-9(7-16-12(18)19-13(2,3)4)17-10-5-6-11(14)15-8-10/h5-6,8-9,17H,7H2,1-4H3,(H,16,18). The Morgan fingerprint density at radius 2 is 2.16 bits per heavy atom. The van der Waals surface area contributed by atoms with Gasteiger partial charge in [0, 0.05) is 12.6 Å². The molecule has 1 unspecified atom stereocenters. The van der Waals surface area contributed by atoms with Crippen LogP contribution in [0.5, 0.6) is 0 Å². The number of anilines is 1. The lowest BCUT2D eigenvalue weighted by atomic mass is 10.2. The highest BCUT2D eigenvalue weighted by Gasteiger charge is 2.16. The summed E-state index contributed by atoms with van der Waals surface area (Å²) in [5.41, 5.74) is 0.429. The van der Waals surface area contributed by atoms with E-state index in [0.29, 0.717) is 6.54 Å². The number of carbonyl (C=O) groups is 1. The number of carbonyl (C=O) groups excluding carboxylic acids is 1. The number of rotatable bonds is 4. The molecule has 2 N–H and O–H groups in total. The first kappa shape index (κ1) is 15.8. The monoisotopic (exact) mass is 329 g/mol. The zero-order chi connectivity index (χ0) is 14.5. The first-order chi connectivity index (χ1) is 8.76. The molecule has 19 heavy (non-hydrogen) atoms. The van der Waals surface area contributed by atoms with Crippen LogP contribution in [-0.2, 0) is 4.74 Å². The van der Waals surface area contributed by atoms with Crippen LogP contribution in [0.25, 0.3) is 0 Å². The Morgan fingerprint density at radius 1 is 1.47 bits per heavy atom. The summed E-state index contributed by atoms with van der Waals surface area (Å²) in [6.07, 6.45) is 1.32. The summed E-state index contributed by atoms with van der Waals surface area (Å²) in [5.74, 6) is 0. The molecule has 0 radical (unpaired) electrons. The molecule has 0 spiro atoms. The Kier molecular flexibility index (Phi) is 5.60. The molecule has 0 aliphatic rings. The molecular formula is C13H20BrN3O2. The molecule has 0 saturated carbocycles. The van der Waals surface area contributed by atoms with Crippen LogP contribution < -0.4 is 10.6 Å². The topological polar surface area (TPSA) is 63.2 Å². The summed E-state index contributed by atoms with van der Waals surface area (Å²) in [6.45, 7) is 7.95. The average molecular weight is 330 g/mol. The molecule has 106 valence electrons. The van der Waals surface area contributed by atoms with Gasteiger partial charge < -0.3 is 15.4 Å². The van der Waals surface area contributed by atoms with Gasteiger partial charge in [-0.3, -0.25) is 0 Å². The minimum Gasteiger partial charge on any atom is -0.444 e. The van der Waals surface area contributed by atoms with E-state index in [1.165, 1.54) is 0 Å². The Hall–Kier alpha value is -1.30. The van der Waals surface area contributed by atoms with E-state index < -0.39 is 11.7 Å². The Balaban J connectivity index is 2.33. The predicted molar refractivity (Wildman–Crippen MR) is 79.3 cm³/mol. The van der Waals surface area contributed by atoms with Crippen molar-refractivity contribution >= 4 is 27.7 Å². The van der Waals surface area contributed by atoms with E-state index in [2.05, 4.69) is 31.5 Å². The molecule has 1 rings (SSSR count). The molecule has 1 heterocycles. The van der Waals surface area contributed by atoms with Gasteiger partial charge in [-0.25, -0.2) is 9.78 Å². The quantitative estimate of drug-likeness (QED) is 0.833. The van der Waals surface area contributed by atoms with Crippen LogP contribution in [0.1, 0.15) is 27.7 Å². The fourth-order valence-corrected chi connectivity index (χ4v) is 1.58. The summed E-state index contributed by atoms with van der Waals surface area (Å²) in [7, 11) is 0. The van der Waals surface area contributed by atoms with Gasteiger partial charge in [0.25, 0.3) is 0 Å². The number of pyridine rings is 1. The Labute approximate surface area is 122 Å². The molecule has 5 nitrogen and oxygen atoms in total. The zero-order valence-electron chi connectivity index (χ0n) is 11.7. The number of hydrogen-bond acceptors (Lipinski definition) is 4. The fraction of sp³-hybridized carbons (Fsp3) is 0.538. The van der Waals surface area contributed by atoms with Crippen molar-refractivity contribution in [1.29, 1.82) is 0 Å². The van der Waals surface area contributed by atoms with E-state index in [0.717, 1.165) is 10.3 Å². The van der Waals surface area contributed by atoms with Gasteiger partial charge in [-0.1, -0.05) is 0 Å². The number of alkyl carbamates (subject to hydrolysis) is 1. The van der Waals surface area contributed by atoms with Crippen LogP contribution in [-0.4, -0.2) is 29.3 Å². The van der Waals surface area contributed by atoms with Gasteiger partial charge in [-0.05, 0) is 55.8 Å². The average Bonchev–Trinajstić information content (AvgIpc) is 2.27. The van der Waals surface area contributed by atoms with Crippen LogP contribution in [0.2, 0.25) is 0 Å². The zero-order valence-corrected chi connectivity index (χ0v) is 13.2. The van der Waals surface area contributed by atoms with Gasteiger partial charge in [-0.2, -0.15) is 0 Å². The van der Waals surface area contributed by atoms with Crippen LogP contribution in [0.3, 0.4) is 0 Å². The fourth-order valence-electron chi connectivity index (χ4n) is 1.35. The van der Waals surface area contributed by atoms with Crippen molar-refractivity contribution in [3.8, 4) is 0 Å². The van der Waals surface area contributed by atoms with Crippen molar-refractivity contribution < 1.29 is 9.53 Å². The van der Waals surface area contributed by atoms with Gasteiger partial charge in [0.1, 0.15) is 10.2 Å². The number of hydrogen-bond donors (Lipinski definition) is 2. The normalized spacial score (nSPS) is 12.7. The highest BCUT2D eigenvalue weighted by atomic mass is 79.9. The molecule has 0 aliphatic heterocycles. The third-order valence-electron chi connectivity index (χ3n) is 2.09. The smallest absolute Gasteiger partial charge is 0.407 e. The molecule has 6 heteroatoms. The molecule has 1 aromatic heterocycles. The molecule has 0 aromatic carbocycles. The maximum Gasteiger partial charge on any atom is 0.407 e. The Morgan fingerprint density at radius 3 is 2.68 bits per heavy atom. The van der Waals surface area contributed by atoms with Gasteiger partial charge in [-0.15, -0.1) is 0 Å². The lowest BCUT2D eigenvalue weighted by molar-refractivity contribution is 0.0526. The van der Waals surface area contributed by atoms with E-state index in [1.54, 1.807) is 6.20 Å². The lowest BCUT2D eigenvalue weighted by Crippen LogP contribution is -2.38. The highest BCUT2D eigenvalue weighted by molar-refractivity contribution is 9.10. The van der Waals surface area contributed by atoms with Gasteiger partial charge >= 0.3 is 6.09 Å². The molecule has 0 fully saturated rings.